The molecule has 0 spiro atoms. The number of nitrogens with zero attached hydrogens (tertiary/aromatic N) is 1. The van der Waals surface area contributed by atoms with Crippen molar-refractivity contribution in [2.45, 2.75) is 19.3 Å². The van der Waals surface area contributed by atoms with Crippen LogP contribution in [0.2, 0.25) is 5.02 Å². The molecule has 0 saturated carbocycles. The van der Waals surface area contributed by atoms with Crippen LogP contribution in [0.15, 0.2) is 65.6 Å². The van der Waals surface area contributed by atoms with Gasteiger partial charge in [-0.3, -0.25) is 14.3 Å². The van der Waals surface area contributed by atoms with E-state index in [0.29, 0.717) is 16.3 Å². The van der Waals surface area contributed by atoms with Gasteiger partial charge >= 0.3 is 0 Å². The third kappa shape index (κ3) is 5.83. The molecule has 8 heteroatoms. The normalized spacial score (nSPS) is 12.4. The van der Waals surface area contributed by atoms with E-state index in [0.717, 1.165) is 22.9 Å². The molecule has 1 N–H and O–H groups in total. The molecule has 31 heavy (non-hydrogen) atoms. The smallest absolute Gasteiger partial charge is 0.250 e. The average molecular weight is 459 g/mol. The van der Waals surface area contributed by atoms with Crippen molar-refractivity contribution >= 4 is 33.1 Å². The van der Waals surface area contributed by atoms with Crippen molar-refractivity contribution < 1.29 is 13.2 Å². The molecule has 6 nitrogen and oxygen atoms in total. The summed E-state index contributed by atoms with van der Waals surface area (Å²) < 4.78 is 26.8. The first-order chi connectivity index (χ1) is 14.5. The number of ketones is 1. The highest BCUT2D eigenvalue weighted by Gasteiger charge is 2.21. The zero-order valence-electron chi connectivity index (χ0n) is 17.4. The molecule has 1 atom stereocenters. The van der Waals surface area contributed by atoms with Gasteiger partial charge in [-0.25, -0.2) is 8.42 Å². The van der Waals surface area contributed by atoms with Crippen LogP contribution in [-0.4, -0.2) is 25.0 Å². The van der Waals surface area contributed by atoms with Crippen LogP contribution in [0.4, 0.5) is 5.69 Å². The summed E-state index contributed by atoms with van der Waals surface area (Å²) in [7, 11) is -1.78. The van der Waals surface area contributed by atoms with E-state index in [-0.39, 0.29) is 23.7 Å². The first kappa shape index (κ1) is 22.8. The molecule has 0 amide bonds. The monoisotopic (exact) mass is 458 g/mol. The zero-order valence-corrected chi connectivity index (χ0v) is 19.0. The molecule has 3 rings (SSSR count). The molecule has 0 aliphatic carbocycles. The van der Waals surface area contributed by atoms with Crippen LogP contribution in [0.3, 0.4) is 0 Å². The van der Waals surface area contributed by atoms with Gasteiger partial charge in [0.1, 0.15) is 0 Å². The topological polar surface area (TPSA) is 85.2 Å². The standard InChI is InChI=1S/C23H23ClN2O4S/c1-15-12-18(24)7-10-20(15)21(13-22(27)17-6-11-23(28)26(2)14-17)16-4-8-19(9-5-16)25-31(3,29)30/h4-12,14,21,25H,13H2,1-3H3. The fourth-order valence-electron chi connectivity index (χ4n) is 3.50. The van der Waals surface area contributed by atoms with Crippen LogP contribution in [0.5, 0.6) is 0 Å². The highest BCUT2D eigenvalue weighted by atomic mass is 35.5. The summed E-state index contributed by atoms with van der Waals surface area (Å²) in [5.41, 5.74) is 3.48. The second kappa shape index (κ2) is 9.08. The molecule has 0 radical (unpaired) electrons. The maximum atomic E-state index is 13.1. The quantitative estimate of drug-likeness (QED) is 0.539. The summed E-state index contributed by atoms with van der Waals surface area (Å²) in [6, 6.07) is 15.4. The van der Waals surface area contributed by atoms with Gasteiger partial charge in [0.05, 0.1) is 6.26 Å². The van der Waals surface area contributed by atoms with Crippen molar-refractivity contribution in [2.75, 3.05) is 11.0 Å². The lowest BCUT2D eigenvalue weighted by atomic mass is 9.84. The molecular weight excluding hydrogens is 436 g/mol. The van der Waals surface area contributed by atoms with E-state index in [2.05, 4.69) is 4.72 Å². The van der Waals surface area contributed by atoms with Crippen molar-refractivity contribution in [3.63, 3.8) is 0 Å². The number of pyridine rings is 1. The summed E-state index contributed by atoms with van der Waals surface area (Å²) in [5, 5.41) is 0.608. The lowest BCUT2D eigenvalue weighted by Gasteiger charge is -2.20. The number of aromatic nitrogens is 1. The number of nitrogens with one attached hydrogen (secondary N) is 1. The van der Waals surface area contributed by atoms with E-state index in [4.69, 9.17) is 11.6 Å². The molecule has 3 aromatic rings. The van der Waals surface area contributed by atoms with Crippen LogP contribution in [0.25, 0.3) is 0 Å². The summed E-state index contributed by atoms with van der Waals surface area (Å²) >= 11 is 6.12. The molecule has 162 valence electrons. The van der Waals surface area contributed by atoms with Gasteiger partial charge in [0.25, 0.3) is 0 Å². The van der Waals surface area contributed by atoms with E-state index < -0.39 is 10.0 Å². The van der Waals surface area contributed by atoms with Crippen molar-refractivity contribution in [3.05, 3.63) is 98.4 Å². The van der Waals surface area contributed by atoms with Gasteiger partial charge in [-0.05, 0) is 53.9 Å². The summed E-state index contributed by atoms with van der Waals surface area (Å²) in [6.45, 7) is 1.94. The van der Waals surface area contributed by atoms with Crippen LogP contribution in [0.1, 0.15) is 39.4 Å². The highest BCUT2D eigenvalue weighted by Crippen LogP contribution is 2.33. The number of benzene rings is 2. The SMILES string of the molecule is Cc1cc(Cl)ccc1C(CC(=O)c1ccc(=O)n(C)c1)c1ccc(NS(C)(=O)=O)cc1. The number of Topliss-reactive ketones (excluding diaryl/α,β-unsaturated/α-hetero) is 1. The van der Waals surface area contributed by atoms with Gasteiger partial charge in [0.15, 0.2) is 5.78 Å². The largest absolute Gasteiger partial charge is 0.318 e. The molecule has 1 unspecified atom stereocenters. The molecule has 0 aliphatic rings. The van der Waals surface area contributed by atoms with Crippen molar-refractivity contribution in [1.82, 2.24) is 4.57 Å². The molecule has 0 saturated heterocycles. The predicted molar refractivity (Wildman–Crippen MR) is 124 cm³/mol. The first-order valence-electron chi connectivity index (χ1n) is 9.57. The lowest BCUT2D eigenvalue weighted by molar-refractivity contribution is 0.0977. The number of hydrogen-bond acceptors (Lipinski definition) is 4. The second-order valence-electron chi connectivity index (χ2n) is 7.54. The Morgan fingerprint density at radius 2 is 1.77 bits per heavy atom. The average Bonchev–Trinajstić information content (AvgIpc) is 2.68. The Bertz CT molecular complexity index is 1280. The summed E-state index contributed by atoms with van der Waals surface area (Å²) in [6.07, 6.45) is 2.81. The Morgan fingerprint density at radius 3 is 2.35 bits per heavy atom. The Kier molecular flexibility index (Phi) is 6.67. The van der Waals surface area contributed by atoms with Gasteiger partial charge in [0.2, 0.25) is 15.6 Å². The third-order valence-electron chi connectivity index (χ3n) is 5.02. The maximum absolute atomic E-state index is 13.1. The van der Waals surface area contributed by atoms with E-state index in [1.165, 1.54) is 22.9 Å². The minimum Gasteiger partial charge on any atom is -0.318 e. The summed E-state index contributed by atoms with van der Waals surface area (Å²) in [4.78, 5) is 24.7. The Labute approximate surface area is 186 Å². The van der Waals surface area contributed by atoms with E-state index in [1.54, 1.807) is 37.4 Å². The van der Waals surface area contributed by atoms with Crippen molar-refractivity contribution in [2.24, 2.45) is 7.05 Å². The second-order valence-corrected chi connectivity index (χ2v) is 9.73. The molecule has 0 fully saturated rings. The number of aryl methyl sites for hydroxylation is 2. The van der Waals surface area contributed by atoms with Gasteiger partial charge in [0, 0.05) is 47.9 Å². The molecule has 1 heterocycles. The fraction of sp³-hybridized carbons (Fsp3) is 0.217. The van der Waals surface area contributed by atoms with Crippen molar-refractivity contribution in [3.8, 4) is 0 Å². The lowest BCUT2D eigenvalue weighted by Crippen LogP contribution is -2.18. The van der Waals surface area contributed by atoms with Crippen molar-refractivity contribution in [1.29, 1.82) is 0 Å². The van der Waals surface area contributed by atoms with Gasteiger partial charge in [-0.15, -0.1) is 0 Å². The first-order valence-corrected chi connectivity index (χ1v) is 11.8. The number of hydrogen-bond donors (Lipinski definition) is 1. The van der Waals surface area contributed by atoms with Gasteiger partial charge in [-0.2, -0.15) is 0 Å². The maximum Gasteiger partial charge on any atom is 0.250 e. The fourth-order valence-corrected chi connectivity index (χ4v) is 4.29. The minimum absolute atomic E-state index is 0.103. The zero-order chi connectivity index (χ0) is 22.8. The molecule has 1 aromatic heterocycles. The highest BCUT2D eigenvalue weighted by molar-refractivity contribution is 7.92. The van der Waals surface area contributed by atoms with E-state index in [9.17, 15) is 18.0 Å². The Balaban J connectivity index is 1.99. The number of carbonyl (C=O) groups excluding carboxylic acids is 1. The molecule has 0 aliphatic heterocycles. The van der Waals surface area contributed by atoms with Crippen LogP contribution < -0.4 is 10.3 Å². The Hall–Kier alpha value is -2.90. The van der Waals surface area contributed by atoms with Gasteiger partial charge in [-0.1, -0.05) is 29.8 Å². The molecule has 0 bridgehead atoms. The van der Waals surface area contributed by atoms with Crippen LogP contribution in [0, 0.1) is 6.92 Å². The predicted octanol–water partition coefficient (Wildman–Crippen LogP) is 4.12. The van der Waals surface area contributed by atoms with Crippen LogP contribution in [-0.2, 0) is 17.1 Å². The number of sulfonamides is 1. The number of rotatable bonds is 7. The molecule has 2 aromatic carbocycles. The number of halogens is 1. The summed E-state index contributed by atoms with van der Waals surface area (Å²) in [5.74, 6) is -0.373. The minimum atomic E-state index is -3.38. The Morgan fingerprint density at radius 1 is 1.10 bits per heavy atom. The third-order valence-corrected chi connectivity index (χ3v) is 5.86. The molecular formula is C23H23ClN2O4S. The number of anilines is 1. The van der Waals surface area contributed by atoms with Crippen LogP contribution >= 0.6 is 11.6 Å². The number of carbonyl (C=O) groups is 1. The van der Waals surface area contributed by atoms with E-state index >= 15 is 0 Å². The van der Waals surface area contributed by atoms with Gasteiger partial charge < -0.3 is 4.57 Å². The van der Waals surface area contributed by atoms with E-state index in [1.807, 2.05) is 19.1 Å².